The SMILES string of the molecule is O[C@H](CN1CCC[C@H]1c1nc2ccccc2s1)c1c(F)cccc1F. The molecule has 2 aromatic carbocycles. The smallest absolute Gasteiger partial charge is 0.131 e. The molecule has 1 N–H and O–H groups in total. The average Bonchev–Trinajstić information content (AvgIpc) is 3.20. The van der Waals surface area contributed by atoms with Crippen molar-refractivity contribution in [2.75, 3.05) is 13.1 Å². The summed E-state index contributed by atoms with van der Waals surface area (Å²) in [6.45, 7) is 0.978. The standard InChI is InChI=1S/C19H18F2N2OS/c20-12-5-3-6-13(21)18(12)16(24)11-23-10-4-8-15(23)19-22-14-7-1-2-9-17(14)25-19/h1-3,5-7,9,15-16,24H,4,8,10-11H2/t15-,16+/m0/s1. The fourth-order valence-corrected chi connectivity index (χ4v) is 4.64. The van der Waals surface area contributed by atoms with E-state index in [1.54, 1.807) is 11.3 Å². The van der Waals surface area contributed by atoms with Crippen LogP contribution < -0.4 is 0 Å². The first kappa shape index (κ1) is 16.6. The zero-order valence-electron chi connectivity index (χ0n) is 13.5. The van der Waals surface area contributed by atoms with Crippen molar-refractivity contribution in [3.8, 4) is 0 Å². The summed E-state index contributed by atoms with van der Waals surface area (Å²) in [4.78, 5) is 6.78. The molecule has 1 aromatic heterocycles. The highest BCUT2D eigenvalue weighted by Crippen LogP contribution is 2.37. The highest BCUT2D eigenvalue weighted by atomic mass is 32.1. The van der Waals surface area contributed by atoms with Crippen LogP contribution in [0.15, 0.2) is 42.5 Å². The minimum atomic E-state index is -1.20. The number of benzene rings is 2. The number of aromatic nitrogens is 1. The van der Waals surface area contributed by atoms with E-state index in [1.807, 2.05) is 24.3 Å². The Labute approximate surface area is 148 Å². The Morgan fingerprint density at radius 2 is 1.92 bits per heavy atom. The minimum Gasteiger partial charge on any atom is -0.387 e. The first-order valence-electron chi connectivity index (χ1n) is 8.35. The van der Waals surface area contributed by atoms with Crippen molar-refractivity contribution in [3.63, 3.8) is 0 Å². The second kappa shape index (κ2) is 6.78. The highest BCUT2D eigenvalue weighted by molar-refractivity contribution is 7.18. The molecule has 4 rings (SSSR count). The summed E-state index contributed by atoms with van der Waals surface area (Å²) in [7, 11) is 0. The van der Waals surface area contributed by atoms with Gasteiger partial charge in [-0.3, -0.25) is 4.90 Å². The molecule has 0 radical (unpaired) electrons. The van der Waals surface area contributed by atoms with Crippen molar-refractivity contribution >= 4 is 21.6 Å². The Bertz CT molecular complexity index is 845. The second-order valence-electron chi connectivity index (χ2n) is 6.32. The van der Waals surface area contributed by atoms with E-state index in [-0.39, 0.29) is 18.2 Å². The van der Waals surface area contributed by atoms with E-state index in [0.29, 0.717) is 0 Å². The van der Waals surface area contributed by atoms with E-state index >= 15 is 0 Å². The molecule has 6 heteroatoms. The number of aliphatic hydroxyl groups is 1. The lowest BCUT2D eigenvalue weighted by molar-refractivity contribution is 0.100. The van der Waals surface area contributed by atoms with Crippen LogP contribution in [0.1, 0.15) is 35.6 Å². The third-order valence-electron chi connectivity index (χ3n) is 4.70. The molecule has 25 heavy (non-hydrogen) atoms. The number of fused-ring (bicyclic) bond motifs is 1. The quantitative estimate of drug-likeness (QED) is 0.747. The Kier molecular flexibility index (Phi) is 4.50. The van der Waals surface area contributed by atoms with Gasteiger partial charge in [-0.15, -0.1) is 11.3 Å². The summed E-state index contributed by atoms with van der Waals surface area (Å²) in [5, 5.41) is 11.4. The van der Waals surface area contributed by atoms with Crippen LogP contribution in [-0.4, -0.2) is 28.1 Å². The van der Waals surface area contributed by atoms with E-state index in [9.17, 15) is 13.9 Å². The van der Waals surface area contributed by atoms with Crippen LogP contribution in [0, 0.1) is 11.6 Å². The number of β-amino-alcohol motifs (C(OH)–C–C–N with tert-alkyl or cyclic N) is 1. The minimum absolute atomic E-state index is 0.0851. The van der Waals surface area contributed by atoms with Gasteiger partial charge < -0.3 is 5.11 Å². The van der Waals surface area contributed by atoms with Crippen LogP contribution in [0.5, 0.6) is 0 Å². The normalized spacial score (nSPS) is 19.6. The Hall–Kier alpha value is -1.89. The maximum atomic E-state index is 13.9. The fourth-order valence-electron chi connectivity index (χ4n) is 3.50. The molecule has 2 atom stereocenters. The largest absolute Gasteiger partial charge is 0.387 e. The van der Waals surface area contributed by atoms with Crippen molar-refractivity contribution < 1.29 is 13.9 Å². The van der Waals surface area contributed by atoms with Gasteiger partial charge in [-0.05, 0) is 43.7 Å². The van der Waals surface area contributed by atoms with Crippen molar-refractivity contribution in [2.24, 2.45) is 0 Å². The Morgan fingerprint density at radius 3 is 2.68 bits per heavy atom. The molecule has 3 aromatic rings. The number of halogens is 2. The molecule has 3 nitrogen and oxygen atoms in total. The highest BCUT2D eigenvalue weighted by Gasteiger charge is 2.31. The van der Waals surface area contributed by atoms with Gasteiger partial charge in [-0.1, -0.05) is 18.2 Å². The Morgan fingerprint density at radius 1 is 1.16 bits per heavy atom. The maximum Gasteiger partial charge on any atom is 0.131 e. The number of para-hydroxylation sites is 1. The fraction of sp³-hybridized carbons (Fsp3) is 0.316. The molecule has 0 saturated carbocycles. The van der Waals surface area contributed by atoms with E-state index in [4.69, 9.17) is 4.98 Å². The van der Waals surface area contributed by atoms with Crippen molar-refractivity contribution in [3.05, 3.63) is 64.7 Å². The van der Waals surface area contributed by atoms with Gasteiger partial charge in [0.15, 0.2) is 0 Å². The van der Waals surface area contributed by atoms with Crippen LogP contribution in [0.2, 0.25) is 0 Å². The molecule has 130 valence electrons. The van der Waals surface area contributed by atoms with Crippen LogP contribution in [-0.2, 0) is 0 Å². The molecule has 2 heterocycles. The number of hydrogen-bond donors (Lipinski definition) is 1. The zero-order valence-corrected chi connectivity index (χ0v) is 14.3. The Balaban J connectivity index is 1.57. The van der Waals surface area contributed by atoms with Gasteiger partial charge in [0.1, 0.15) is 16.6 Å². The summed E-state index contributed by atoms with van der Waals surface area (Å²) in [6.07, 6.45) is 0.718. The van der Waals surface area contributed by atoms with Gasteiger partial charge in [0.25, 0.3) is 0 Å². The number of rotatable bonds is 4. The average molecular weight is 360 g/mol. The van der Waals surface area contributed by atoms with Crippen LogP contribution in [0.3, 0.4) is 0 Å². The summed E-state index contributed by atoms with van der Waals surface area (Å²) < 4.78 is 28.9. The van der Waals surface area contributed by atoms with E-state index in [0.717, 1.165) is 34.6 Å². The molecular formula is C19H18F2N2OS. The van der Waals surface area contributed by atoms with Gasteiger partial charge in [0.05, 0.1) is 27.9 Å². The van der Waals surface area contributed by atoms with Gasteiger partial charge >= 0.3 is 0 Å². The molecule has 0 bridgehead atoms. The lowest BCUT2D eigenvalue weighted by Gasteiger charge is -2.25. The molecular weight excluding hydrogens is 342 g/mol. The van der Waals surface area contributed by atoms with Gasteiger partial charge in [0.2, 0.25) is 0 Å². The predicted molar refractivity (Wildman–Crippen MR) is 94.5 cm³/mol. The van der Waals surface area contributed by atoms with Gasteiger partial charge in [0, 0.05) is 6.54 Å². The molecule has 1 fully saturated rings. The summed E-state index contributed by atoms with van der Waals surface area (Å²) >= 11 is 1.64. The molecule has 0 spiro atoms. The lowest BCUT2D eigenvalue weighted by atomic mass is 10.1. The van der Waals surface area contributed by atoms with E-state index in [1.165, 1.54) is 18.2 Å². The summed E-state index contributed by atoms with van der Waals surface area (Å²) in [5.41, 5.74) is 0.715. The van der Waals surface area contributed by atoms with Crippen LogP contribution >= 0.6 is 11.3 Å². The van der Waals surface area contributed by atoms with Gasteiger partial charge in [-0.25, -0.2) is 13.8 Å². The number of thiazole rings is 1. The monoisotopic (exact) mass is 360 g/mol. The first-order valence-corrected chi connectivity index (χ1v) is 9.16. The predicted octanol–water partition coefficient (Wildman–Crippen LogP) is 4.45. The third-order valence-corrected chi connectivity index (χ3v) is 5.84. The number of hydrogen-bond acceptors (Lipinski definition) is 4. The topological polar surface area (TPSA) is 36.4 Å². The number of aliphatic hydroxyl groups excluding tert-OH is 1. The summed E-state index contributed by atoms with van der Waals surface area (Å²) in [5.74, 6) is -1.41. The first-order chi connectivity index (χ1) is 12.1. The van der Waals surface area contributed by atoms with Crippen molar-refractivity contribution in [1.29, 1.82) is 0 Å². The van der Waals surface area contributed by atoms with Crippen LogP contribution in [0.25, 0.3) is 10.2 Å². The molecule has 1 saturated heterocycles. The molecule has 1 aliphatic rings. The van der Waals surface area contributed by atoms with Crippen LogP contribution in [0.4, 0.5) is 8.78 Å². The molecule has 1 aliphatic heterocycles. The van der Waals surface area contributed by atoms with Crippen molar-refractivity contribution in [2.45, 2.75) is 25.0 Å². The second-order valence-corrected chi connectivity index (χ2v) is 7.39. The molecule has 0 aliphatic carbocycles. The van der Waals surface area contributed by atoms with E-state index in [2.05, 4.69) is 4.90 Å². The lowest BCUT2D eigenvalue weighted by Crippen LogP contribution is -2.29. The number of nitrogens with zero attached hydrogens (tertiary/aromatic N) is 2. The molecule has 0 unspecified atom stereocenters. The third kappa shape index (κ3) is 3.17. The van der Waals surface area contributed by atoms with E-state index < -0.39 is 17.7 Å². The summed E-state index contributed by atoms with van der Waals surface area (Å²) in [6, 6.07) is 11.7. The van der Waals surface area contributed by atoms with Gasteiger partial charge in [-0.2, -0.15) is 0 Å². The zero-order chi connectivity index (χ0) is 17.4. The number of likely N-dealkylation sites (tertiary alicyclic amines) is 1. The molecule has 0 amide bonds. The van der Waals surface area contributed by atoms with Crippen molar-refractivity contribution in [1.82, 2.24) is 9.88 Å². The maximum absolute atomic E-state index is 13.9.